The largest absolute Gasteiger partial charge is 0.462 e. The summed E-state index contributed by atoms with van der Waals surface area (Å²) >= 11 is 0. The Morgan fingerprint density at radius 1 is 1.35 bits per heavy atom. The van der Waals surface area contributed by atoms with Gasteiger partial charge < -0.3 is 9.47 Å². The molecule has 1 aliphatic rings. The van der Waals surface area contributed by atoms with Crippen LogP contribution in [0.4, 0.5) is 0 Å². The molecule has 0 saturated carbocycles. The van der Waals surface area contributed by atoms with Gasteiger partial charge in [-0.15, -0.1) is 0 Å². The first kappa shape index (κ1) is 15.0. The highest BCUT2D eigenvalue weighted by atomic mass is 16.5. The van der Waals surface area contributed by atoms with Crippen LogP contribution in [0.2, 0.25) is 0 Å². The van der Waals surface area contributed by atoms with E-state index < -0.39 is 0 Å². The first-order valence-corrected chi connectivity index (χ1v) is 7.22. The first-order valence-electron chi connectivity index (χ1n) is 7.22. The van der Waals surface area contributed by atoms with Crippen LogP contribution in [0.3, 0.4) is 0 Å². The smallest absolute Gasteiger partial charge is 0.338 e. The molecule has 1 aliphatic heterocycles. The van der Waals surface area contributed by atoms with Gasteiger partial charge in [-0.05, 0) is 50.3 Å². The summed E-state index contributed by atoms with van der Waals surface area (Å²) in [6.45, 7) is 10.9. The van der Waals surface area contributed by atoms with Crippen LogP contribution in [0.5, 0.6) is 0 Å². The molecule has 1 heterocycles. The molecule has 1 aromatic rings. The van der Waals surface area contributed by atoms with Gasteiger partial charge in [0.1, 0.15) is 0 Å². The molecule has 1 fully saturated rings. The van der Waals surface area contributed by atoms with E-state index in [9.17, 15) is 4.79 Å². The molecule has 0 amide bonds. The van der Waals surface area contributed by atoms with Crippen LogP contribution < -0.4 is 0 Å². The summed E-state index contributed by atoms with van der Waals surface area (Å²) in [7, 11) is 0. The lowest BCUT2D eigenvalue weighted by Gasteiger charge is -2.32. The van der Waals surface area contributed by atoms with Crippen molar-refractivity contribution in [2.24, 2.45) is 5.41 Å². The summed E-state index contributed by atoms with van der Waals surface area (Å²) in [4.78, 5) is 11.8. The Labute approximate surface area is 121 Å². The molecular weight excluding hydrogens is 252 g/mol. The van der Waals surface area contributed by atoms with E-state index >= 15 is 0 Å². The molecule has 0 radical (unpaired) electrons. The lowest BCUT2D eigenvalue weighted by molar-refractivity contribution is -0.0523. The molecule has 1 aromatic carbocycles. The van der Waals surface area contributed by atoms with Gasteiger partial charge in [0.25, 0.3) is 0 Å². The quantitative estimate of drug-likeness (QED) is 0.779. The average molecular weight is 276 g/mol. The summed E-state index contributed by atoms with van der Waals surface area (Å²) in [6.07, 6.45) is 0.987. The highest BCUT2D eigenvalue weighted by Gasteiger charge is 2.48. The average Bonchev–Trinajstić information content (AvgIpc) is 2.59. The normalized spacial score (nSPS) is 23.6. The van der Waals surface area contributed by atoms with Crippen molar-refractivity contribution in [3.8, 4) is 0 Å². The maximum atomic E-state index is 11.8. The van der Waals surface area contributed by atoms with Gasteiger partial charge >= 0.3 is 5.97 Å². The van der Waals surface area contributed by atoms with Crippen molar-refractivity contribution in [2.75, 3.05) is 6.61 Å². The minimum Gasteiger partial charge on any atom is -0.462 e. The fourth-order valence-electron chi connectivity index (χ4n) is 2.53. The minimum atomic E-state index is -0.272. The summed E-state index contributed by atoms with van der Waals surface area (Å²) in [5.41, 5.74) is 1.58. The second-order valence-electron chi connectivity index (χ2n) is 6.55. The molecule has 0 aromatic heterocycles. The Morgan fingerprint density at radius 3 is 2.60 bits per heavy atom. The van der Waals surface area contributed by atoms with E-state index in [1.807, 2.05) is 25.1 Å². The SMILES string of the molecule is CCOC(=O)c1cccc(C2CC(C)(C)C(C)(C)O2)c1. The molecule has 0 aliphatic carbocycles. The Bertz CT molecular complexity index is 487. The Balaban J connectivity index is 2.23. The van der Waals surface area contributed by atoms with Gasteiger partial charge in [0.05, 0.1) is 23.9 Å². The second-order valence-corrected chi connectivity index (χ2v) is 6.55. The van der Waals surface area contributed by atoms with Crippen LogP contribution >= 0.6 is 0 Å². The van der Waals surface area contributed by atoms with Gasteiger partial charge in [0.2, 0.25) is 0 Å². The molecule has 2 rings (SSSR count). The summed E-state index contributed by atoms with van der Waals surface area (Å²) in [5.74, 6) is -0.272. The number of benzene rings is 1. The van der Waals surface area contributed by atoms with Crippen molar-refractivity contribution in [3.05, 3.63) is 35.4 Å². The first-order chi connectivity index (χ1) is 9.27. The van der Waals surface area contributed by atoms with Gasteiger partial charge in [-0.25, -0.2) is 4.79 Å². The van der Waals surface area contributed by atoms with Gasteiger partial charge in [-0.1, -0.05) is 26.0 Å². The number of rotatable bonds is 3. The molecule has 0 bridgehead atoms. The van der Waals surface area contributed by atoms with E-state index in [1.54, 1.807) is 6.07 Å². The fraction of sp³-hybridized carbons (Fsp3) is 0.588. The third-order valence-electron chi connectivity index (χ3n) is 4.53. The minimum absolute atomic E-state index is 0.0365. The van der Waals surface area contributed by atoms with Gasteiger partial charge in [0.15, 0.2) is 0 Å². The Kier molecular flexibility index (Phi) is 3.92. The molecule has 0 N–H and O–H groups in total. The van der Waals surface area contributed by atoms with E-state index in [2.05, 4.69) is 27.7 Å². The van der Waals surface area contributed by atoms with Crippen LogP contribution in [0.1, 0.15) is 63.1 Å². The number of hydrogen-bond acceptors (Lipinski definition) is 3. The monoisotopic (exact) mass is 276 g/mol. The van der Waals surface area contributed by atoms with E-state index in [4.69, 9.17) is 9.47 Å². The van der Waals surface area contributed by atoms with Gasteiger partial charge in [0, 0.05) is 0 Å². The highest BCUT2D eigenvalue weighted by Crippen LogP contribution is 2.51. The predicted molar refractivity (Wildman–Crippen MR) is 78.7 cm³/mol. The van der Waals surface area contributed by atoms with Crippen molar-refractivity contribution in [1.82, 2.24) is 0 Å². The zero-order valence-electron chi connectivity index (χ0n) is 13.0. The van der Waals surface area contributed by atoms with Crippen LogP contribution in [0.15, 0.2) is 24.3 Å². The summed E-state index contributed by atoms with van der Waals surface area (Å²) in [5, 5.41) is 0. The molecule has 3 heteroatoms. The molecule has 20 heavy (non-hydrogen) atoms. The van der Waals surface area contributed by atoms with Crippen molar-refractivity contribution in [2.45, 2.75) is 52.7 Å². The molecule has 0 spiro atoms. The summed E-state index contributed by atoms with van der Waals surface area (Å²) in [6, 6.07) is 7.58. The third kappa shape index (κ3) is 2.73. The van der Waals surface area contributed by atoms with Crippen molar-refractivity contribution < 1.29 is 14.3 Å². The number of ether oxygens (including phenoxy) is 2. The van der Waals surface area contributed by atoms with E-state index in [1.165, 1.54) is 0 Å². The van der Waals surface area contributed by atoms with Gasteiger partial charge in [-0.3, -0.25) is 0 Å². The van der Waals surface area contributed by atoms with E-state index in [-0.39, 0.29) is 23.1 Å². The standard InChI is InChI=1S/C17H24O3/c1-6-19-15(18)13-9-7-8-12(10-13)14-11-16(2,3)17(4,5)20-14/h7-10,14H,6,11H2,1-5H3. The predicted octanol–water partition coefficient (Wildman–Crippen LogP) is 4.13. The third-order valence-corrected chi connectivity index (χ3v) is 4.53. The maximum absolute atomic E-state index is 11.8. The molecule has 1 unspecified atom stereocenters. The van der Waals surface area contributed by atoms with Crippen molar-refractivity contribution in [1.29, 1.82) is 0 Å². The zero-order chi connectivity index (χ0) is 15.0. The maximum Gasteiger partial charge on any atom is 0.338 e. The number of hydrogen-bond donors (Lipinski definition) is 0. The lowest BCUT2D eigenvalue weighted by Crippen LogP contribution is -2.34. The Hall–Kier alpha value is -1.35. The second kappa shape index (κ2) is 5.21. The van der Waals surface area contributed by atoms with Crippen LogP contribution in [0, 0.1) is 5.41 Å². The topological polar surface area (TPSA) is 35.5 Å². The number of carbonyl (C=O) groups excluding carboxylic acids is 1. The van der Waals surface area contributed by atoms with Crippen molar-refractivity contribution >= 4 is 5.97 Å². The summed E-state index contributed by atoms with van der Waals surface area (Å²) < 4.78 is 11.2. The van der Waals surface area contributed by atoms with Crippen LogP contribution in [0.25, 0.3) is 0 Å². The van der Waals surface area contributed by atoms with Crippen molar-refractivity contribution in [3.63, 3.8) is 0 Å². The van der Waals surface area contributed by atoms with E-state index in [0.717, 1.165) is 12.0 Å². The number of esters is 1. The molecule has 1 atom stereocenters. The molecule has 110 valence electrons. The molecular formula is C17H24O3. The van der Waals surface area contributed by atoms with Crippen LogP contribution in [-0.4, -0.2) is 18.2 Å². The molecule has 3 nitrogen and oxygen atoms in total. The fourth-order valence-corrected chi connectivity index (χ4v) is 2.53. The Morgan fingerprint density at radius 2 is 2.05 bits per heavy atom. The lowest BCUT2D eigenvalue weighted by atomic mass is 9.76. The van der Waals surface area contributed by atoms with Gasteiger partial charge in [-0.2, -0.15) is 0 Å². The van der Waals surface area contributed by atoms with E-state index in [0.29, 0.717) is 12.2 Å². The van der Waals surface area contributed by atoms with Crippen LogP contribution in [-0.2, 0) is 9.47 Å². The zero-order valence-corrected chi connectivity index (χ0v) is 13.0. The highest BCUT2D eigenvalue weighted by molar-refractivity contribution is 5.89. The molecule has 1 saturated heterocycles. The number of carbonyl (C=O) groups is 1.